The summed E-state index contributed by atoms with van der Waals surface area (Å²) in [6.07, 6.45) is 0. The number of aliphatic hydroxyl groups is 1. The van der Waals surface area contributed by atoms with Crippen LogP contribution in [0.5, 0.6) is 5.75 Å². The second-order valence-electron chi connectivity index (χ2n) is 2.11. The van der Waals surface area contributed by atoms with Crippen LogP contribution < -0.4 is 0 Å². The van der Waals surface area contributed by atoms with Crippen molar-refractivity contribution in [3.05, 3.63) is 29.8 Å². The molecule has 0 bridgehead atoms. The van der Waals surface area contributed by atoms with Gasteiger partial charge >= 0.3 is 5.97 Å². The number of esters is 1. The number of hydrogen-bond donors (Lipinski definition) is 2. The molecule has 0 saturated heterocycles. The predicted octanol–water partition coefficient (Wildman–Crippen LogP) is 0.499. The number of aliphatic hydroxyl groups excluding tert-OH is 1. The standard InChI is InChI=1S/C8H8O4/c9-5-12-8(11)6-1-3-7(10)4-2-6/h1-4,9-10H,5H2. The van der Waals surface area contributed by atoms with Crippen LogP contribution >= 0.6 is 0 Å². The minimum Gasteiger partial charge on any atom is -0.508 e. The van der Waals surface area contributed by atoms with E-state index in [1.54, 1.807) is 0 Å². The summed E-state index contributed by atoms with van der Waals surface area (Å²) in [5.41, 5.74) is 0.293. The number of carbonyl (C=O) groups is 1. The predicted molar refractivity (Wildman–Crippen MR) is 40.6 cm³/mol. The van der Waals surface area contributed by atoms with Crippen molar-refractivity contribution in [3.8, 4) is 5.75 Å². The molecule has 1 rings (SSSR count). The van der Waals surface area contributed by atoms with Crippen molar-refractivity contribution in [1.29, 1.82) is 0 Å². The van der Waals surface area contributed by atoms with E-state index in [-0.39, 0.29) is 5.75 Å². The lowest BCUT2D eigenvalue weighted by atomic mass is 10.2. The third-order valence-electron chi connectivity index (χ3n) is 1.30. The molecule has 0 aromatic heterocycles. The summed E-state index contributed by atoms with van der Waals surface area (Å²) in [6.45, 7) is -0.639. The molecule has 2 N–H and O–H groups in total. The van der Waals surface area contributed by atoms with Crippen LogP contribution in [0.25, 0.3) is 0 Å². The number of aromatic hydroxyl groups is 1. The zero-order valence-electron chi connectivity index (χ0n) is 6.23. The van der Waals surface area contributed by atoms with E-state index in [0.717, 1.165) is 0 Å². The molecule has 0 aliphatic carbocycles. The molecule has 0 spiro atoms. The summed E-state index contributed by atoms with van der Waals surface area (Å²) >= 11 is 0. The number of benzene rings is 1. The smallest absolute Gasteiger partial charge is 0.340 e. The van der Waals surface area contributed by atoms with Crippen molar-refractivity contribution in [3.63, 3.8) is 0 Å². The average molecular weight is 168 g/mol. The average Bonchev–Trinajstić information content (AvgIpc) is 2.06. The van der Waals surface area contributed by atoms with Gasteiger partial charge in [-0.05, 0) is 24.3 Å². The normalized spacial score (nSPS) is 9.42. The number of phenols is 1. The maximum atomic E-state index is 10.9. The first-order valence-corrected chi connectivity index (χ1v) is 3.31. The second-order valence-corrected chi connectivity index (χ2v) is 2.11. The Labute approximate surface area is 69.0 Å². The van der Waals surface area contributed by atoms with Crippen molar-refractivity contribution in [1.82, 2.24) is 0 Å². The zero-order valence-corrected chi connectivity index (χ0v) is 6.23. The van der Waals surface area contributed by atoms with E-state index in [9.17, 15) is 4.79 Å². The lowest BCUT2D eigenvalue weighted by Gasteiger charge is -1.99. The molecule has 64 valence electrons. The van der Waals surface area contributed by atoms with Crippen LogP contribution in [0.3, 0.4) is 0 Å². The van der Waals surface area contributed by atoms with Gasteiger partial charge in [-0.1, -0.05) is 0 Å². The third kappa shape index (κ3) is 1.96. The Morgan fingerprint density at radius 2 is 1.92 bits per heavy atom. The van der Waals surface area contributed by atoms with Gasteiger partial charge in [0.1, 0.15) is 5.75 Å². The highest BCUT2D eigenvalue weighted by molar-refractivity contribution is 5.89. The Hall–Kier alpha value is -1.55. The highest BCUT2D eigenvalue weighted by atomic mass is 16.6. The number of ether oxygens (including phenoxy) is 1. The molecule has 4 nitrogen and oxygen atoms in total. The van der Waals surface area contributed by atoms with Crippen LogP contribution in [-0.2, 0) is 4.74 Å². The summed E-state index contributed by atoms with van der Waals surface area (Å²) in [5.74, 6) is -0.534. The Bertz CT molecular complexity index is 265. The molecule has 0 aliphatic rings. The van der Waals surface area contributed by atoms with E-state index in [1.165, 1.54) is 24.3 Å². The summed E-state index contributed by atoms with van der Waals surface area (Å²) < 4.78 is 4.30. The van der Waals surface area contributed by atoms with Gasteiger partial charge in [-0.25, -0.2) is 4.79 Å². The quantitative estimate of drug-likeness (QED) is 0.498. The first kappa shape index (κ1) is 8.55. The maximum Gasteiger partial charge on any atom is 0.340 e. The van der Waals surface area contributed by atoms with Crippen LogP contribution in [-0.4, -0.2) is 23.0 Å². The topological polar surface area (TPSA) is 66.8 Å². The van der Waals surface area contributed by atoms with Gasteiger partial charge in [0.05, 0.1) is 5.56 Å². The SMILES string of the molecule is O=C(OCO)c1ccc(O)cc1. The number of phenolic OH excluding ortho intramolecular Hbond substituents is 1. The van der Waals surface area contributed by atoms with Crippen molar-refractivity contribution >= 4 is 5.97 Å². The highest BCUT2D eigenvalue weighted by Gasteiger charge is 2.04. The maximum absolute atomic E-state index is 10.9. The van der Waals surface area contributed by atoms with E-state index < -0.39 is 12.8 Å². The van der Waals surface area contributed by atoms with E-state index in [0.29, 0.717) is 5.56 Å². The van der Waals surface area contributed by atoms with Crippen molar-refractivity contribution in [2.45, 2.75) is 0 Å². The summed E-state index contributed by atoms with van der Waals surface area (Å²) in [5, 5.41) is 17.1. The van der Waals surface area contributed by atoms with Gasteiger partial charge in [0.15, 0.2) is 6.79 Å². The number of hydrogen-bond acceptors (Lipinski definition) is 4. The number of carbonyl (C=O) groups excluding carboxylic acids is 1. The van der Waals surface area contributed by atoms with Gasteiger partial charge in [-0.15, -0.1) is 0 Å². The molecular weight excluding hydrogens is 160 g/mol. The Morgan fingerprint density at radius 3 is 2.42 bits per heavy atom. The van der Waals surface area contributed by atoms with Crippen molar-refractivity contribution in [2.24, 2.45) is 0 Å². The summed E-state index contributed by atoms with van der Waals surface area (Å²) in [6, 6.07) is 5.56. The largest absolute Gasteiger partial charge is 0.508 e. The minimum absolute atomic E-state index is 0.0792. The molecule has 1 aromatic carbocycles. The minimum atomic E-state index is -0.639. The Morgan fingerprint density at radius 1 is 1.33 bits per heavy atom. The molecule has 1 aromatic rings. The molecule has 0 saturated carbocycles. The van der Waals surface area contributed by atoms with Gasteiger partial charge in [0, 0.05) is 0 Å². The summed E-state index contributed by atoms with van der Waals surface area (Å²) in [4.78, 5) is 10.9. The van der Waals surface area contributed by atoms with E-state index in [1.807, 2.05) is 0 Å². The molecule has 4 heteroatoms. The van der Waals surface area contributed by atoms with Crippen molar-refractivity contribution in [2.75, 3.05) is 6.79 Å². The first-order valence-electron chi connectivity index (χ1n) is 3.31. The highest BCUT2D eigenvalue weighted by Crippen LogP contribution is 2.10. The number of rotatable bonds is 2. The third-order valence-corrected chi connectivity index (χ3v) is 1.30. The van der Waals surface area contributed by atoms with E-state index >= 15 is 0 Å². The van der Waals surface area contributed by atoms with Crippen LogP contribution in [0.2, 0.25) is 0 Å². The zero-order chi connectivity index (χ0) is 8.97. The van der Waals surface area contributed by atoms with Gasteiger partial charge < -0.3 is 14.9 Å². The van der Waals surface area contributed by atoms with Crippen LogP contribution in [0.1, 0.15) is 10.4 Å². The molecule has 0 atom stereocenters. The molecule has 0 amide bonds. The lowest BCUT2D eigenvalue weighted by Crippen LogP contribution is -2.05. The fourth-order valence-electron chi connectivity index (χ4n) is 0.739. The molecule has 0 radical (unpaired) electrons. The van der Waals surface area contributed by atoms with Gasteiger partial charge in [0.2, 0.25) is 0 Å². The molecule has 0 aliphatic heterocycles. The van der Waals surface area contributed by atoms with E-state index in [2.05, 4.69) is 4.74 Å². The lowest BCUT2D eigenvalue weighted by molar-refractivity contribution is 0.00684. The Kier molecular flexibility index (Phi) is 2.66. The fraction of sp³-hybridized carbons (Fsp3) is 0.125. The van der Waals surface area contributed by atoms with Gasteiger partial charge in [0.25, 0.3) is 0 Å². The molecule has 0 unspecified atom stereocenters. The monoisotopic (exact) mass is 168 g/mol. The van der Waals surface area contributed by atoms with Crippen molar-refractivity contribution < 1.29 is 19.7 Å². The van der Waals surface area contributed by atoms with Crippen LogP contribution in [0, 0.1) is 0 Å². The van der Waals surface area contributed by atoms with Gasteiger partial charge in [-0.2, -0.15) is 0 Å². The fourth-order valence-corrected chi connectivity index (χ4v) is 0.739. The molecule has 0 heterocycles. The van der Waals surface area contributed by atoms with Crippen LogP contribution in [0.4, 0.5) is 0 Å². The first-order chi connectivity index (χ1) is 5.74. The second kappa shape index (κ2) is 3.73. The van der Waals surface area contributed by atoms with Crippen LogP contribution in [0.15, 0.2) is 24.3 Å². The molecular formula is C8H8O4. The Balaban J connectivity index is 2.75. The molecule has 0 fully saturated rings. The molecule has 12 heavy (non-hydrogen) atoms. The summed E-state index contributed by atoms with van der Waals surface area (Å²) in [7, 11) is 0. The van der Waals surface area contributed by atoms with E-state index in [4.69, 9.17) is 10.2 Å². The van der Waals surface area contributed by atoms with Gasteiger partial charge in [-0.3, -0.25) is 0 Å².